The van der Waals surface area contributed by atoms with Crippen LogP contribution in [0.1, 0.15) is 12.5 Å². The van der Waals surface area contributed by atoms with Crippen LogP contribution < -0.4 is 25.4 Å². The van der Waals surface area contributed by atoms with Crippen LogP contribution in [0.3, 0.4) is 0 Å². The molecule has 1 saturated heterocycles. The Balaban J connectivity index is 1.39. The molecule has 0 bridgehead atoms. The lowest BCUT2D eigenvalue weighted by molar-refractivity contribution is 0.201. The van der Waals surface area contributed by atoms with E-state index in [9.17, 15) is 0 Å². The molecular weight excluding hydrogens is 390 g/mol. The van der Waals surface area contributed by atoms with Crippen LogP contribution in [0.4, 0.5) is 5.69 Å². The van der Waals surface area contributed by atoms with Crippen molar-refractivity contribution in [3.05, 3.63) is 54.1 Å². The number of ether oxygens (including phenoxy) is 2. The van der Waals surface area contributed by atoms with E-state index in [0.717, 1.165) is 56.2 Å². The van der Waals surface area contributed by atoms with Gasteiger partial charge >= 0.3 is 0 Å². The lowest BCUT2D eigenvalue weighted by Gasteiger charge is -2.38. The van der Waals surface area contributed by atoms with Crippen LogP contribution in [0, 0.1) is 0 Å². The lowest BCUT2D eigenvalue weighted by atomic mass is 10.1. The molecule has 2 aromatic carbocycles. The molecule has 1 unspecified atom stereocenters. The first-order valence-electron chi connectivity index (χ1n) is 10.9. The number of methoxy groups -OCH3 is 2. The van der Waals surface area contributed by atoms with Gasteiger partial charge in [-0.1, -0.05) is 24.3 Å². The first-order chi connectivity index (χ1) is 15.1. The summed E-state index contributed by atoms with van der Waals surface area (Å²) in [6.45, 7) is 7.79. The maximum atomic E-state index is 6.08. The Morgan fingerprint density at radius 1 is 1.03 bits per heavy atom. The summed E-state index contributed by atoms with van der Waals surface area (Å²) in [4.78, 5) is 9.48. The Labute approximate surface area is 185 Å². The highest BCUT2D eigenvalue weighted by Crippen LogP contribution is 2.27. The van der Waals surface area contributed by atoms with Gasteiger partial charge in [-0.25, -0.2) is 0 Å². The van der Waals surface area contributed by atoms with E-state index in [-0.39, 0.29) is 0 Å². The number of benzene rings is 2. The third-order valence-electron chi connectivity index (χ3n) is 5.75. The summed E-state index contributed by atoms with van der Waals surface area (Å²) in [5.41, 5.74) is 8.54. The van der Waals surface area contributed by atoms with E-state index in [4.69, 9.17) is 15.2 Å². The number of hydrogen-bond donors (Lipinski definition) is 2. The van der Waals surface area contributed by atoms with E-state index >= 15 is 0 Å². The minimum atomic E-state index is 0.365. The highest BCUT2D eigenvalue weighted by molar-refractivity contribution is 5.77. The summed E-state index contributed by atoms with van der Waals surface area (Å²) in [5.74, 6) is 1.97. The number of aliphatic imine (C=N–C) groups is 1. The number of anilines is 1. The molecule has 168 valence electrons. The number of nitrogens with one attached hydrogen (secondary N) is 1. The normalized spacial score (nSPS) is 16.1. The molecule has 0 saturated carbocycles. The topological polar surface area (TPSA) is 75.4 Å². The van der Waals surface area contributed by atoms with E-state index < -0.39 is 0 Å². The van der Waals surface area contributed by atoms with E-state index in [1.165, 1.54) is 5.69 Å². The van der Waals surface area contributed by atoms with Gasteiger partial charge in [0.25, 0.3) is 0 Å². The van der Waals surface area contributed by atoms with Crippen LogP contribution >= 0.6 is 0 Å². The average Bonchev–Trinajstić information content (AvgIpc) is 2.83. The molecule has 2 aromatic rings. The first kappa shape index (κ1) is 22.7. The fourth-order valence-corrected chi connectivity index (χ4v) is 3.83. The average molecular weight is 426 g/mol. The van der Waals surface area contributed by atoms with Crippen molar-refractivity contribution in [2.45, 2.75) is 19.4 Å². The highest BCUT2D eigenvalue weighted by atomic mass is 16.5. The van der Waals surface area contributed by atoms with Crippen molar-refractivity contribution >= 4 is 11.6 Å². The number of nitrogens with two attached hydrogens (primary N) is 1. The SMILES string of the molecule is COc1ccc(CCNC(N)=NCC(C)N2CCN(c3ccccc3)CC2)cc1OC. The second kappa shape index (κ2) is 11.5. The third-order valence-corrected chi connectivity index (χ3v) is 5.75. The molecule has 1 heterocycles. The summed E-state index contributed by atoms with van der Waals surface area (Å²) >= 11 is 0. The smallest absolute Gasteiger partial charge is 0.188 e. The van der Waals surface area contributed by atoms with E-state index in [1.54, 1.807) is 14.2 Å². The predicted molar refractivity (Wildman–Crippen MR) is 127 cm³/mol. The Morgan fingerprint density at radius 3 is 2.42 bits per heavy atom. The molecule has 1 atom stereocenters. The minimum absolute atomic E-state index is 0.365. The van der Waals surface area contributed by atoms with E-state index in [1.807, 2.05) is 18.2 Å². The second-order valence-corrected chi connectivity index (χ2v) is 7.80. The summed E-state index contributed by atoms with van der Waals surface area (Å²) in [7, 11) is 3.29. The van der Waals surface area contributed by atoms with Crippen molar-refractivity contribution in [2.24, 2.45) is 10.7 Å². The maximum absolute atomic E-state index is 6.08. The number of para-hydroxylation sites is 1. The zero-order valence-corrected chi connectivity index (χ0v) is 18.9. The van der Waals surface area contributed by atoms with Crippen LogP contribution in [0.15, 0.2) is 53.5 Å². The van der Waals surface area contributed by atoms with Gasteiger partial charge in [-0.05, 0) is 43.2 Å². The number of hydrogen-bond acceptors (Lipinski definition) is 5. The van der Waals surface area contributed by atoms with Gasteiger partial charge in [0.1, 0.15) is 0 Å². The number of piperazine rings is 1. The zero-order chi connectivity index (χ0) is 22.1. The molecule has 0 radical (unpaired) electrons. The predicted octanol–water partition coefficient (Wildman–Crippen LogP) is 2.36. The molecule has 7 nitrogen and oxygen atoms in total. The fourth-order valence-electron chi connectivity index (χ4n) is 3.83. The second-order valence-electron chi connectivity index (χ2n) is 7.80. The van der Waals surface area contributed by atoms with Gasteiger partial charge in [0.05, 0.1) is 20.8 Å². The molecule has 0 amide bonds. The van der Waals surface area contributed by atoms with Crippen molar-refractivity contribution in [3.63, 3.8) is 0 Å². The van der Waals surface area contributed by atoms with Gasteiger partial charge in [0, 0.05) is 44.5 Å². The lowest BCUT2D eigenvalue weighted by Crippen LogP contribution is -2.50. The minimum Gasteiger partial charge on any atom is -0.493 e. The van der Waals surface area contributed by atoms with Gasteiger partial charge in [-0.2, -0.15) is 0 Å². The van der Waals surface area contributed by atoms with E-state index in [0.29, 0.717) is 18.5 Å². The molecular formula is C24H35N5O2. The van der Waals surface area contributed by atoms with Gasteiger partial charge in [0.15, 0.2) is 17.5 Å². The monoisotopic (exact) mass is 425 g/mol. The van der Waals surface area contributed by atoms with Gasteiger partial charge < -0.3 is 25.4 Å². The highest BCUT2D eigenvalue weighted by Gasteiger charge is 2.21. The van der Waals surface area contributed by atoms with Gasteiger partial charge in [-0.3, -0.25) is 9.89 Å². The van der Waals surface area contributed by atoms with Crippen molar-refractivity contribution in [1.29, 1.82) is 0 Å². The van der Waals surface area contributed by atoms with Crippen LogP contribution in [0.2, 0.25) is 0 Å². The summed E-state index contributed by atoms with van der Waals surface area (Å²) < 4.78 is 10.6. The number of nitrogens with zero attached hydrogens (tertiary/aromatic N) is 3. The maximum Gasteiger partial charge on any atom is 0.188 e. The first-order valence-corrected chi connectivity index (χ1v) is 10.9. The molecule has 1 aliphatic rings. The van der Waals surface area contributed by atoms with Crippen LogP contribution in [0.25, 0.3) is 0 Å². The zero-order valence-electron chi connectivity index (χ0n) is 18.9. The molecule has 1 fully saturated rings. The van der Waals surface area contributed by atoms with Gasteiger partial charge in [0.2, 0.25) is 0 Å². The Hall–Kier alpha value is -2.93. The standard InChI is InChI=1S/C24H35N5O2/c1-19(28-13-15-29(16-14-28)21-7-5-4-6-8-21)18-27-24(25)26-12-11-20-9-10-22(30-2)23(17-20)31-3/h4-10,17,19H,11-16,18H2,1-3H3,(H3,25,26,27). The fraction of sp³-hybridized carbons (Fsp3) is 0.458. The van der Waals surface area contributed by atoms with Crippen LogP contribution in [-0.4, -0.2) is 70.4 Å². The van der Waals surface area contributed by atoms with Crippen molar-refractivity contribution < 1.29 is 9.47 Å². The summed E-state index contributed by atoms with van der Waals surface area (Å²) in [5, 5.41) is 3.21. The van der Waals surface area contributed by atoms with Crippen LogP contribution in [0.5, 0.6) is 11.5 Å². The summed E-state index contributed by atoms with van der Waals surface area (Å²) in [6.07, 6.45) is 0.827. The Morgan fingerprint density at radius 2 is 1.74 bits per heavy atom. The van der Waals surface area contributed by atoms with Crippen molar-refractivity contribution in [3.8, 4) is 11.5 Å². The molecule has 0 spiro atoms. The number of guanidine groups is 1. The molecule has 3 rings (SSSR count). The summed E-state index contributed by atoms with van der Waals surface area (Å²) in [6, 6.07) is 16.9. The molecule has 3 N–H and O–H groups in total. The van der Waals surface area contributed by atoms with Crippen LogP contribution in [-0.2, 0) is 6.42 Å². The molecule has 7 heteroatoms. The third kappa shape index (κ3) is 6.52. The van der Waals surface area contributed by atoms with Gasteiger partial charge in [-0.15, -0.1) is 0 Å². The Kier molecular flexibility index (Phi) is 8.41. The molecule has 0 aromatic heterocycles. The molecule has 31 heavy (non-hydrogen) atoms. The van der Waals surface area contributed by atoms with E-state index in [2.05, 4.69) is 57.4 Å². The Bertz CT molecular complexity index is 835. The quantitative estimate of drug-likeness (QED) is 0.475. The van der Waals surface area contributed by atoms with Crippen molar-refractivity contribution in [1.82, 2.24) is 10.2 Å². The molecule has 1 aliphatic heterocycles. The largest absolute Gasteiger partial charge is 0.493 e. The molecule has 0 aliphatic carbocycles. The number of rotatable bonds is 9. The van der Waals surface area contributed by atoms with Crippen molar-refractivity contribution in [2.75, 3.05) is 58.4 Å².